The van der Waals surface area contributed by atoms with E-state index in [1.165, 1.54) is 0 Å². The second-order valence-electron chi connectivity index (χ2n) is 3.53. The van der Waals surface area contributed by atoms with Crippen molar-refractivity contribution < 1.29 is 0 Å². The number of aromatic nitrogens is 1. The standard InChI is InChI=1S/C9H14N2O.2BrH/c1-9(2,6-10)7-3-4-11-8(12)5-7;;/h3-5H,6,10H2,1-2H3,(H,11,12);2*1H. The molecule has 0 aromatic carbocycles. The normalized spacial score (nSPS) is 9.93. The maximum Gasteiger partial charge on any atom is 0.248 e. The molecule has 0 saturated carbocycles. The molecule has 0 aliphatic rings. The van der Waals surface area contributed by atoms with Crippen LogP contribution in [0.25, 0.3) is 0 Å². The van der Waals surface area contributed by atoms with Gasteiger partial charge in [-0.25, -0.2) is 0 Å². The highest BCUT2D eigenvalue weighted by molar-refractivity contribution is 8.93. The summed E-state index contributed by atoms with van der Waals surface area (Å²) in [7, 11) is 0. The molecular weight excluding hydrogens is 312 g/mol. The van der Waals surface area contributed by atoms with Crippen molar-refractivity contribution in [3.8, 4) is 0 Å². The van der Waals surface area contributed by atoms with Gasteiger partial charge in [-0.1, -0.05) is 13.8 Å². The van der Waals surface area contributed by atoms with Crippen molar-refractivity contribution in [1.29, 1.82) is 0 Å². The van der Waals surface area contributed by atoms with Crippen LogP contribution in [0.4, 0.5) is 0 Å². The molecule has 1 rings (SSSR count). The van der Waals surface area contributed by atoms with Crippen LogP contribution in [0.15, 0.2) is 23.1 Å². The predicted molar refractivity (Wildman–Crippen MR) is 69.8 cm³/mol. The van der Waals surface area contributed by atoms with Gasteiger partial charge in [0.1, 0.15) is 0 Å². The summed E-state index contributed by atoms with van der Waals surface area (Å²) >= 11 is 0. The zero-order chi connectivity index (χ0) is 9.19. The third kappa shape index (κ3) is 3.94. The number of hydrogen-bond acceptors (Lipinski definition) is 2. The largest absolute Gasteiger partial charge is 0.330 e. The van der Waals surface area contributed by atoms with Crippen molar-refractivity contribution in [1.82, 2.24) is 4.98 Å². The van der Waals surface area contributed by atoms with E-state index in [2.05, 4.69) is 4.98 Å². The van der Waals surface area contributed by atoms with Crippen LogP contribution >= 0.6 is 34.0 Å². The smallest absolute Gasteiger partial charge is 0.248 e. The molecule has 82 valence electrons. The molecule has 1 aromatic heterocycles. The Labute approximate surface area is 105 Å². The van der Waals surface area contributed by atoms with Crippen molar-refractivity contribution in [2.45, 2.75) is 19.3 Å². The number of nitrogens with one attached hydrogen (secondary N) is 1. The van der Waals surface area contributed by atoms with Crippen LogP contribution in [0.2, 0.25) is 0 Å². The van der Waals surface area contributed by atoms with Crippen molar-refractivity contribution >= 4 is 34.0 Å². The van der Waals surface area contributed by atoms with E-state index in [0.717, 1.165) is 5.56 Å². The van der Waals surface area contributed by atoms with Crippen LogP contribution in [0.3, 0.4) is 0 Å². The fraction of sp³-hybridized carbons (Fsp3) is 0.444. The third-order valence-electron chi connectivity index (χ3n) is 2.07. The topological polar surface area (TPSA) is 58.9 Å². The third-order valence-corrected chi connectivity index (χ3v) is 2.07. The van der Waals surface area contributed by atoms with E-state index in [1.54, 1.807) is 12.3 Å². The van der Waals surface area contributed by atoms with Crippen molar-refractivity contribution in [3.63, 3.8) is 0 Å². The Bertz CT molecular complexity index is 323. The minimum Gasteiger partial charge on any atom is -0.330 e. The number of rotatable bonds is 2. The molecule has 0 aliphatic heterocycles. The fourth-order valence-corrected chi connectivity index (χ4v) is 0.983. The Morgan fingerprint density at radius 1 is 1.43 bits per heavy atom. The summed E-state index contributed by atoms with van der Waals surface area (Å²) in [6.07, 6.45) is 1.65. The first-order valence-corrected chi connectivity index (χ1v) is 3.95. The zero-order valence-corrected chi connectivity index (χ0v) is 11.7. The van der Waals surface area contributed by atoms with Gasteiger partial charge >= 0.3 is 0 Å². The van der Waals surface area contributed by atoms with Gasteiger partial charge in [-0.3, -0.25) is 4.79 Å². The van der Waals surface area contributed by atoms with E-state index in [-0.39, 0.29) is 44.9 Å². The molecule has 3 nitrogen and oxygen atoms in total. The van der Waals surface area contributed by atoms with Crippen LogP contribution in [-0.4, -0.2) is 11.5 Å². The van der Waals surface area contributed by atoms with Crippen molar-refractivity contribution in [2.75, 3.05) is 6.54 Å². The molecule has 0 unspecified atom stereocenters. The van der Waals surface area contributed by atoms with Crippen LogP contribution in [0.5, 0.6) is 0 Å². The average Bonchev–Trinajstić information content (AvgIpc) is 2.05. The molecular formula is C9H16Br2N2O. The Kier molecular flexibility index (Phi) is 7.42. The molecule has 0 atom stereocenters. The average molecular weight is 328 g/mol. The minimum atomic E-state index is -0.117. The lowest BCUT2D eigenvalue weighted by atomic mass is 9.85. The lowest BCUT2D eigenvalue weighted by Crippen LogP contribution is -2.29. The monoisotopic (exact) mass is 326 g/mol. The summed E-state index contributed by atoms with van der Waals surface area (Å²) in [6, 6.07) is 3.47. The first-order chi connectivity index (χ1) is 5.56. The first-order valence-electron chi connectivity index (χ1n) is 3.95. The molecule has 1 heterocycles. The summed E-state index contributed by atoms with van der Waals surface area (Å²) in [4.78, 5) is 13.5. The van der Waals surface area contributed by atoms with E-state index in [4.69, 9.17) is 5.73 Å². The molecule has 0 saturated heterocycles. The van der Waals surface area contributed by atoms with Crippen LogP contribution in [0, 0.1) is 0 Å². The number of nitrogens with two attached hydrogens (primary N) is 1. The van der Waals surface area contributed by atoms with Gasteiger partial charge in [0.05, 0.1) is 0 Å². The summed E-state index contributed by atoms with van der Waals surface area (Å²) < 4.78 is 0. The molecule has 0 amide bonds. The Balaban J connectivity index is 0. The molecule has 3 N–H and O–H groups in total. The lowest BCUT2D eigenvalue weighted by Gasteiger charge is -2.22. The number of aromatic amines is 1. The number of hydrogen-bond donors (Lipinski definition) is 2. The summed E-state index contributed by atoms with van der Waals surface area (Å²) in [6.45, 7) is 4.57. The zero-order valence-electron chi connectivity index (χ0n) is 8.24. The van der Waals surface area contributed by atoms with Crippen molar-refractivity contribution in [3.05, 3.63) is 34.2 Å². The summed E-state index contributed by atoms with van der Waals surface area (Å²) in [5.41, 5.74) is 6.36. The molecule has 14 heavy (non-hydrogen) atoms. The van der Waals surface area contributed by atoms with Gasteiger partial charge in [0.2, 0.25) is 5.56 Å². The Hall–Kier alpha value is -0.130. The summed E-state index contributed by atoms with van der Waals surface area (Å²) in [5, 5.41) is 0. The van der Waals surface area contributed by atoms with E-state index >= 15 is 0 Å². The Morgan fingerprint density at radius 3 is 2.43 bits per heavy atom. The minimum absolute atomic E-state index is 0. The second kappa shape index (κ2) is 6.37. The number of pyridine rings is 1. The highest BCUT2D eigenvalue weighted by atomic mass is 79.9. The van der Waals surface area contributed by atoms with Gasteiger partial charge < -0.3 is 10.7 Å². The molecule has 0 spiro atoms. The molecule has 5 heteroatoms. The quantitative estimate of drug-likeness (QED) is 0.869. The van der Waals surface area contributed by atoms with Crippen LogP contribution in [0.1, 0.15) is 19.4 Å². The van der Waals surface area contributed by atoms with Crippen molar-refractivity contribution in [2.24, 2.45) is 5.73 Å². The van der Waals surface area contributed by atoms with Gasteiger partial charge in [-0.05, 0) is 11.6 Å². The van der Waals surface area contributed by atoms with E-state index in [1.807, 2.05) is 19.9 Å². The predicted octanol–water partition coefficient (Wildman–Crippen LogP) is 1.77. The highest BCUT2D eigenvalue weighted by Crippen LogP contribution is 2.18. The van der Waals surface area contributed by atoms with Crippen LogP contribution < -0.4 is 11.3 Å². The maximum atomic E-state index is 11.0. The van der Waals surface area contributed by atoms with Gasteiger partial charge in [-0.15, -0.1) is 34.0 Å². The van der Waals surface area contributed by atoms with Crippen LogP contribution in [-0.2, 0) is 5.41 Å². The SMILES string of the molecule is Br.Br.CC(C)(CN)c1cc[nH]c(=O)c1. The van der Waals surface area contributed by atoms with Gasteiger partial charge in [0, 0.05) is 24.2 Å². The molecule has 0 fully saturated rings. The molecule has 1 aromatic rings. The molecule has 0 radical (unpaired) electrons. The second-order valence-corrected chi connectivity index (χ2v) is 3.53. The highest BCUT2D eigenvalue weighted by Gasteiger charge is 2.18. The summed E-state index contributed by atoms with van der Waals surface area (Å²) in [5.74, 6) is 0. The number of H-pyrrole nitrogens is 1. The first kappa shape index (κ1) is 16.3. The van der Waals surface area contributed by atoms with E-state index in [0.29, 0.717) is 6.54 Å². The molecule has 0 bridgehead atoms. The van der Waals surface area contributed by atoms with Gasteiger partial charge in [0.25, 0.3) is 0 Å². The van der Waals surface area contributed by atoms with E-state index in [9.17, 15) is 4.79 Å². The lowest BCUT2D eigenvalue weighted by molar-refractivity contribution is 0.537. The number of halogens is 2. The maximum absolute atomic E-state index is 11.0. The fourth-order valence-electron chi connectivity index (χ4n) is 0.983. The Morgan fingerprint density at radius 2 is 2.00 bits per heavy atom. The van der Waals surface area contributed by atoms with Gasteiger partial charge in [-0.2, -0.15) is 0 Å². The van der Waals surface area contributed by atoms with Gasteiger partial charge in [0.15, 0.2) is 0 Å². The molecule has 0 aliphatic carbocycles. The van der Waals surface area contributed by atoms with E-state index < -0.39 is 0 Å².